The molecule has 0 radical (unpaired) electrons. The topological polar surface area (TPSA) is 90.0 Å². The van der Waals surface area contributed by atoms with E-state index in [1.807, 2.05) is 0 Å². The summed E-state index contributed by atoms with van der Waals surface area (Å²) in [6, 6.07) is 4.36. The van der Waals surface area contributed by atoms with Crippen molar-refractivity contribution in [2.45, 2.75) is 117 Å². The first-order valence-electron chi connectivity index (χ1n) is 17.6. The van der Waals surface area contributed by atoms with Gasteiger partial charge in [0.15, 0.2) is 14.1 Å². The summed E-state index contributed by atoms with van der Waals surface area (Å²) in [5, 5.41) is 2.63. The van der Waals surface area contributed by atoms with Crippen LogP contribution in [0.1, 0.15) is 89.2 Å². The summed E-state index contributed by atoms with van der Waals surface area (Å²) in [6.45, 7) is 19.7. The number of nitrogens with zero attached hydrogens (tertiary/aromatic N) is 2. The molecule has 1 amide bonds. The average molecular weight is 803 g/mol. The Labute approximate surface area is 320 Å². The van der Waals surface area contributed by atoms with E-state index < -0.39 is 65.9 Å². The number of hydrogen-bond acceptors (Lipinski definition) is 7. The predicted octanol–water partition coefficient (Wildman–Crippen LogP) is 11.4. The Bertz CT molecular complexity index is 1860. The molecule has 15 heteroatoms. The summed E-state index contributed by atoms with van der Waals surface area (Å²) in [5.74, 6) is -1.97. The predicted molar refractivity (Wildman–Crippen MR) is 204 cm³/mol. The van der Waals surface area contributed by atoms with E-state index in [1.165, 1.54) is 25.1 Å². The normalized spacial score (nSPS) is 17.2. The standard InChI is InChI=1S/C38H49Cl2F4N3O5Si/c1-11-50-34(48)28-31(25-20-26(39)27(30(41)32(25)46-33(28)40)24-14-12-13-21(2)29(24)38(42,43)44)45-22-15-17-47(35(49)52-36(3,4)5)23(19-22)16-18-51-53(9,10)37(6,7)8/h12-14,20,22-23H,11,15-19H2,1-10H3,(H,45,46)/t22-,23+/m0/s1. The van der Waals surface area contributed by atoms with E-state index in [0.717, 1.165) is 6.07 Å². The lowest BCUT2D eigenvalue weighted by Crippen LogP contribution is -2.51. The fourth-order valence-electron chi connectivity index (χ4n) is 6.23. The number of alkyl halides is 3. The Morgan fingerprint density at radius 2 is 1.75 bits per heavy atom. The molecule has 2 atom stereocenters. The van der Waals surface area contributed by atoms with Crippen LogP contribution in [-0.2, 0) is 20.1 Å². The number of carbonyl (C=O) groups excluding carboxylic acids is 2. The van der Waals surface area contributed by atoms with Crippen LogP contribution in [0.5, 0.6) is 0 Å². The molecule has 1 aromatic heterocycles. The molecule has 1 N–H and O–H groups in total. The number of aromatic nitrogens is 1. The summed E-state index contributed by atoms with van der Waals surface area (Å²) in [6.07, 6.45) is -3.99. The molecule has 4 rings (SSSR count). The lowest BCUT2D eigenvalue weighted by Gasteiger charge is -2.42. The second-order valence-electron chi connectivity index (χ2n) is 15.9. The first kappa shape index (κ1) is 42.6. The van der Waals surface area contributed by atoms with Gasteiger partial charge in [-0.05, 0) is 89.2 Å². The third-order valence-corrected chi connectivity index (χ3v) is 15.0. The molecule has 0 saturated carbocycles. The van der Waals surface area contributed by atoms with Crippen LogP contribution < -0.4 is 5.32 Å². The van der Waals surface area contributed by atoms with Crippen molar-refractivity contribution in [3.05, 3.63) is 56.9 Å². The van der Waals surface area contributed by atoms with E-state index in [2.05, 4.69) is 44.2 Å². The molecule has 3 aromatic rings. The van der Waals surface area contributed by atoms with Crippen molar-refractivity contribution in [2.75, 3.05) is 25.1 Å². The maximum atomic E-state index is 16.6. The number of hydrogen-bond donors (Lipinski definition) is 1. The zero-order valence-corrected chi connectivity index (χ0v) is 34.4. The van der Waals surface area contributed by atoms with Crippen LogP contribution in [0.3, 0.4) is 0 Å². The maximum Gasteiger partial charge on any atom is 0.417 e. The number of pyridine rings is 1. The van der Waals surface area contributed by atoms with Gasteiger partial charge in [0.1, 0.15) is 21.8 Å². The van der Waals surface area contributed by atoms with Crippen molar-refractivity contribution in [1.82, 2.24) is 9.88 Å². The zero-order chi connectivity index (χ0) is 39.8. The highest BCUT2D eigenvalue weighted by molar-refractivity contribution is 6.74. The van der Waals surface area contributed by atoms with Crippen molar-refractivity contribution in [1.29, 1.82) is 0 Å². The number of esters is 1. The SMILES string of the molecule is CCOC(=O)c1c(Cl)nc2c(F)c(-c3cccc(C)c3C(F)(F)F)c(Cl)cc2c1N[C@H]1CCN(C(=O)OC(C)(C)C)[C@H](CCO[Si](C)(C)C(C)(C)C)C1. The maximum absolute atomic E-state index is 16.6. The number of halogens is 6. The van der Waals surface area contributed by atoms with Crippen LogP contribution in [-0.4, -0.2) is 67.7 Å². The summed E-state index contributed by atoms with van der Waals surface area (Å²) < 4.78 is 76.9. The second kappa shape index (κ2) is 15.9. The van der Waals surface area contributed by atoms with Gasteiger partial charge in [0.25, 0.3) is 0 Å². The second-order valence-corrected chi connectivity index (χ2v) is 21.5. The average Bonchev–Trinajstić information content (AvgIpc) is 3.00. The highest BCUT2D eigenvalue weighted by Crippen LogP contribution is 2.46. The van der Waals surface area contributed by atoms with E-state index in [0.29, 0.717) is 25.9 Å². The van der Waals surface area contributed by atoms with Gasteiger partial charge in [-0.25, -0.2) is 19.0 Å². The Balaban J connectivity index is 1.82. The Hall–Kier alpha value is -3.13. The van der Waals surface area contributed by atoms with Gasteiger partial charge in [0, 0.05) is 36.2 Å². The Morgan fingerprint density at radius 1 is 1.09 bits per heavy atom. The third-order valence-electron chi connectivity index (χ3n) is 9.85. The zero-order valence-electron chi connectivity index (χ0n) is 31.9. The van der Waals surface area contributed by atoms with Gasteiger partial charge < -0.3 is 24.1 Å². The minimum Gasteiger partial charge on any atom is -0.462 e. The van der Waals surface area contributed by atoms with Crippen molar-refractivity contribution >= 4 is 60.2 Å². The number of piperidine rings is 1. The number of ether oxygens (including phenoxy) is 2. The van der Waals surface area contributed by atoms with E-state index in [4.69, 9.17) is 37.1 Å². The highest BCUT2D eigenvalue weighted by atomic mass is 35.5. The van der Waals surface area contributed by atoms with E-state index in [1.54, 1.807) is 32.6 Å². The van der Waals surface area contributed by atoms with E-state index in [-0.39, 0.29) is 57.0 Å². The molecule has 1 aliphatic rings. The van der Waals surface area contributed by atoms with Crippen LogP contribution in [0.15, 0.2) is 24.3 Å². The number of likely N-dealkylation sites (tertiary alicyclic amines) is 1. The van der Waals surface area contributed by atoms with E-state index >= 15 is 4.39 Å². The quantitative estimate of drug-likeness (QED) is 0.0997. The first-order chi connectivity index (χ1) is 24.4. The third kappa shape index (κ3) is 9.58. The molecule has 0 bridgehead atoms. The van der Waals surface area contributed by atoms with Crippen molar-refractivity contribution < 1.29 is 41.1 Å². The summed E-state index contributed by atoms with van der Waals surface area (Å²) in [7, 11) is -2.11. The molecule has 292 valence electrons. The number of aryl methyl sites for hydroxylation is 1. The molecular weight excluding hydrogens is 753 g/mol. The fraction of sp³-hybridized carbons (Fsp3) is 0.553. The number of nitrogens with one attached hydrogen (secondary N) is 1. The van der Waals surface area contributed by atoms with Gasteiger partial charge in [-0.2, -0.15) is 13.2 Å². The molecule has 1 fully saturated rings. The van der Waals surface area contributed by atoms with Crippen LogP contribution in [0.25, 0.3) is 22.0 Å². The molecule has 2 heterocycles. The number of rotatable bonds is 9. The molecular formula is C38H49Cl2F4N3O5Si. The minimum atomic E-state index is -4.81. The van der Waals surface area contributed by atoms with E-state index in [9.17, 15) is 22.8 Å². The van der Waals surface area contributed by atoms with Crippen LogP contribution in [0.2, 0.25) is 28.3 Å². The molecule has 2 aromatic carbocycles. The monoisotopic (exact) mass is 801 g/mol. The lowest BCUT2D eigenvalue weighted by molar-refractivity contribution is -0.137. The van der Waals surface area contributed by atoms with Crippen molar-refractivity contribution in [3.8, 4) is 11.1 Å². The molecule has 0 spiro atoms. The van der Waals surface area contributed by atoms with Crippen LogP contribution in [0, 0.1) is 12.7 Å². The van der Waals surface area contributed by atoms with Crippen LogP contribution >= 0.6 is 23.2 Å². The van der Waals surface area contributed by atoms with Gasteiger partial charge in [-0.15, -0.1) is 0 Å². The van der Waals surface area contributed by atoms with Gasteiger partial charge >= 0.3 is 18.2 Å². The van der Waals surface area contributed by atoms with Crippen LogP contribution in [0.4, 0.5) is 28.0 Å². The smallest absolute Gasteiger partial charge is 0.417 e. The van der Waals surface area contributed by atoms with Gasteiger partial charge in [-0.1, -0.05) is 62.2 Å². The molecule has 53 heavy (non-hydrogen) atoms. The molecule has 1 aliphatic heterocycles. The van der Waals surface area contributed by atoms with Crippen molar-refractivity contribution in [3.63, 3.8) is 0 Å². The molecule has 0 aliphatic carbocycles. The van der Waals surface area contributed by atoms with Crippen molar-refractivity contribution in [2.24, 2.45) is 0 Å². The Morgan fingerprint density at radius 3 is 2.34 bits per heavy atom. The fourth-order valence-corrected chi connectivity index (χ4v) is 7.84. The highest BCUT2D eigenvalue weighted by Gasteiger charge is 2.40. The number of anilines is 1. The summed E-state index contributed by atoms with van der Waals surface area (Å²) >= 11 is 13.2. The minimum absolute atomic E-state index is 0.00114. The molecule has 1 saturated heterocycles. The number of benzene rings is 2. The summed E-state index contributed by atoms with van der Waals surface area (Å²) in [5.41, 5.74) is -3.32. The lowest BCUT2D eigenvalue weighted by atomic mass is 9.92. The number of fused-ring (bicyclic) bond motifs is 1. The molecule has 0 unspecified atom stereocenters. The largest absolute Gasteiger partial charge is 0.462 e. The number of amides is 1. The molecule has 8 nitrogen and oxygen atoms in total. The Kier molecular flexibility index (Phi) is 12.8. The van der Waals surface area contributed by atoms with Gasteiger partial charge in [0.05, 0.1) is 22.9 Å². The summed E-state index contributed by atoms with van der Waals surface area (Å²) in [4.78, 5) is 32.6. The van der Waals surface area contributed by atoms with Gasteiger partial charge in [-0.3, -0.25) is 0 Å². The first-order valence-corrected chi connectivity index (χ1v) is 21.3. The number of carbonyl (C=O) groups is 2. The van der Waals surface area contributed by atoms with Gasteiger partial charge in [0.2, 0.25) is 0 Å².